The Morgan fingerprint density at radius 3 is 1.77 bits per heavy atom. The van der Waals surface area contributed by atoms with Gasteiger partial charge in [0.15, 0.2) is 11.5 Å². The van der Waals surface area contributed by atoms with Crippen molar-refractivity contribution in [3.8, 4) is 0 Å². The maximum absolute atomic E-state index is 15.0. The van der Waals surface area contributed by atoms with E-state index in [0.717, 1.165) is 86.8 Å². The summed E-state index contributed by atoms with van der Waals surface area (Å²) in [6.07, 6.45) is 15.9. The molecule has 0 saturated carbocycles. The first-order chi connectivity index (χ1) is 54.8. The van der Waals surface area contributed by atoms with E-state index in [4.69, 9.17) is 39.9 Å². The number of thioether (sulfide) groups is 1. The number of unbranched alkanes of at least 4 members (excludes halogenated alkanes) is 7. The Morgan fingerprint density at radius 2 is 1.17 bits per heavy atom. The van der Waals surface area contributed by atoms with E-state index in [1.54, 1.807) is 0 Å². The van der Waals surface area contributed by atoms with Crippen LogP contribution in [0.3, 0.4) is 0 Å². The van der Waals surface area contributed by atoms with Crippen molar-refractivity contribution in [2.75, 3.05) is 41.8 Å². The number of carbonyl (C=O) groups is 8. The number of carbonyl (C=O) groups excluding carboxylic acids is 7. The predicted molar refractivity (Wildman–Crippen MR) is 429 cm³/mol. The first kappa shape index (κ1) is 98.4. The lowest BCUT2D eigenvalue weighted by Gasteiger charge is -2.28. The van der Waals surface area contributed by atoms with Crippen LogP contribution in [0.25, 0.3) is 0 Å². The summed E-state index contributed by atoms with van der Waals surface area (Å²) in [4.78, 5) is 124. The molecule has 2 heterocycles. The van der Waals surface area contributed by atoms with Gasteiger partial charge < -0.3 is 46.0 Å². The Balaban J connectivity index is 0.00000242. The number of anilines is 1. The molecule has 0 aromatic heterocycles. The van der Waals surface area contributed by atoms with E-state index in [1.807, 2.05) is 97.1 Å². The Morgan fingerprint density at radius 1 is 0.612 bits per heavy atom. The summed E-state index contributed by atoms with van der Waals surface area (Å²) in [7, 11) is -14.8. The Bertz CT molecular complexity index is 4700. The topological polar surface area (TPSA) is 500 Å². The SMILES string of the molecule is CC1(C)C(=CC=C2CCCC(C=CC3=[N+](CCCCS(=O)(=O)O)c4ccccc4C3(C)C)=C2SC[C@H](NC(=O)[C@@H](CC(=O)[C@H](Cc2ccccc2)NC(=O)CCCCCCCCC(=O)CC[C@H](NC(=O)NCCCC(=O)O)C(=O)O)Cc2ccccc2)C(=O)O)N(CCCCS(=O)(=O)[O-])c2ccccc21.O=C=O.O=S(=O)=O.O=S(=O)=O. The molecule has 36 heteroatoms. The first-order valence-electron chi connectivity index (χ1n) is 37.7. The number of fused-ring (bicyclic) bond motifs is 2. The number of carboxylic acid groups (broad SMARTS) is 3. The molecule has 116 heavy (non-hydrogen) atoms. The third-order valence-corrected chi connectivity index (χ3v) is 22.4. The molecule has 1 aliphatic carbocycles. The molecule has 3 aliphatic rings. The van der Waals surface area contributed by atoms with Crippen LogP contribution < -0.4 is 26.2 Å². The van der Waals surface area contributed by atoms with Gasteiger partial charge >= 0.3 is 51.3 Å². The number of aliphatic carboxylic acids is 3. The van der Waals surface area contributed by atoms with Crippen LogP contribution in [0.4, 0.5) is 16.2 Å². The molecule has 632 valence electrons. The summed E-state index contributed by atoms with van der Waals surface area (Å²) in [6, 6.07) is 29.7. The highest BCUT2D eigenvalue weighted by Gasteiger charge is 2.45. The van der Waals surface area contributed by atoms with Crippen molar-refractivity contribution in [1.29, 1.82) is 0 Å². The molecule has 0 radical (unpaired) electrons. The van der Waals surface area contributed by atoms with Gasteiger partial charge in [0, 0.05) is 108 Å². The van der Waals surface area contributed by atoms with Crippen LogP contribution in [0.1, 0.15) is 178 Å². The molecule has 0 spiro atoms. The van der Waals surface area contributed by atoms with Gasteiger partial charge in [-0.25, -0.2) is 22.8 Å². The van der Waals surface area contributed by atoms with Crippen molar-refractivity contribution < 1.29 is 119 Å². The largest absolute Gasteiger partial charge is 0.748 e. The van der Waals surface area contributed by atoms with Crippen LogP contribution in [-0.2, 0) is 108 Å². The number of nitrogens with one attached hydrogen (secondary N) is 4. The molecule has 7 rings (SSSR count). The smallest absolute Gasteiger partial charge is 0.425 e. The van der Waals surface area contributed by atoms with E-state index >= 15 is 0 Å². The van der Waals surface area contributed by atoms with Gasteiger partial charge in [-0.1, -0.05) is 149 Å². The van der Waals surface area contributed by atoms with Crippen LogP contribution in [0, 0.1) is 5.92 Å². The minimum absolute atomic E-state index is 0.0453. The van der Waals surface area contributed by atoms with Gasteiger partial charge in [0.05, 0.1) is 27.3 Å². The van der Waals surface area contributed by atoms with Crippen LogP contribution in [0.2, 0.25) is 0 Å². The van der Waals surface area contributed by atoms with Crippen molar-refractivity contribution in [2.45, 2.75) is 198 Å². The van der Waals surface area contributed by atoms with Gasteiger partial charge in [0.2, 0.25) is 17.5 Å². The standard InChI is InChI=1S/C79H102N6O17S3.CO2.2O3S/c1-78(2)61-34-17-19-36-66(61)84(47-21-23-49-104(97,98)99)69(78)44-40-57-31-25-32-58(41-45-70-79(3,4)62-35-18-20-37-67(62)85(70)48-22-24-50-105(100,101)102)73(57)103-54-65(76(94)95)82-74(91)59(51-55-27-11-9-12-28-55)53-68(87)64(52-56-29-13-10-14-30-56)81-71(88)38-16-8-6-5-7-15-33-60(86)42-43-63(75(92)93)83-77(96)80-46-26-39-72(89)90;2-1-3;2*1-4(2)3/h9-14,17-20,27-30,34-37,40-41,44-45,59,63-65H,5-8,15-16,21-26,31-33,38-39,42-43,46-54H2,1-4H3,(H8-,80,81,82,83,88,89,90,91,92,93,94,95,96,97,98,99,100,101,102);;;/t59-,63+,64+,65+;;;/m1.../s1. The van der Waals surface area contributed by atoms with E-state index in [-0.39, 0.29) is 107 Å². The highest BCUT2D eigenvalue weighted by molar-refractivity contribution is 8.03. The lowest BCUT2D eigenvalue weighted by Crippen LogP contribution is -2.48. The number of ketones is 2. The fourth-order valence-corrected chi connectivity index (χ4v) is 16.2. The van der Waals surface area contributed by atoms with Gasteiger partial charge in [0.25, 0.3) is 10.1 Å². The molecule has 2 aliphatic heterocycles. The Labute approximate surface area is 683 Å². The fraction of sp³-hybridized carbons (Fsp3) is 0.475. The van der Waals surface area contributed by atoms with E-state index in [9.17, 15) is 74.5 Å². The number of allylic oxidation sites excluding steroid dienone is 7. The maximum Gasteiger partial charge on any atom is 0.425 e. The van der Waals surface area contributed by atoms with E-state index in [2.05, 4.69) is 94.9 Å². The Hall–Kier alpha value is -9.94. The molecule has 0 bridgehead atoms. The number of hydrogen-bond donors (Lipinski definition) is 8. The molecule has 0 fully saturated rings. The molecule has 4 aromatic carbocycles. The van der Waals surface area contributed by atoms with Crippen LogP contribution >= 0.6 is 11.8 Å². The molecule has 4 amide bonds. The second kappa shape index (κ2) is 49.9. The Kier molecular flexibility index (Phi) is 42.3. The average Bonchev–Trinajstić information content (AvgIpc) is 1.60. The molecule has 31 nitrogen and oxygen atoms in total. The third-order valence-electron chi connectivity index (χ3n) is 19.5. The van der Waals surface area contributed by atoms with Crippen molar-refractivity contribution in [2.24, 2.45) is 5.92 Å². The summed E-state index contributed by atoms with van der Waals surface area (Å²) in [5.74, 6) is -7.23. The quantitative estimate of drug-likeness (QED) is 0.0116. The number of carboxylic acids is 3. The van der Waals surface area contributed by atoms with Crippen molar-refractivity contribution in [3.63, 3.8) is 0 Å². The maximum atomic E-state index is 15.0. The van der Waals surface area contributed by atoms with Gasteiger partial charge in [-0.05, 0) is 131 Å². The summed E-state index contributed by atoms with van der Waals surface area (Å²) in [6.45, 7) is 9.44. The minimum atomic E-state index is -4.42. The number of amides is 4. The molecular formula is C80H102N6O25S5. The number of rotatable bonds is 45. The molecule has 4 aromatic rings. The van der Waals surface area contributed by atoms with Gasteiger partial charge in [-0.2, -0.15) is 22.6 Å². The van der Waals surface area contributed by atoms with Crippen molar-refractivity contribution in [1.82, 2.24) is 21.3 Å². The zero-order valence-electron chi connectivity index (χ0n) is 65.1. The molecule has 0 saturated heterocycles. The molecule has 4 atom stereocenters. The summed E-state index contributed by atoms with van der Waals surface area (Å²) >= 11 is 1.30. The first-order valence-corrected chi connectivity index (χ1v) is 43.9. The highest BCUT2D eigenvalue weighted by atomic mass is 32.2. The third kappa shape index (κ3) is 35.7. The summed E-state index contributed by atoms with van der Waals surface area (Å²) in [5, 5.41) is 40.0. The van der Waals surface area contributed by atoms with E-state index < -0.39 is 118 Å². The van der Waals surface area contributed by atoms with Crippen molar-refractivity contribution >= 4 is 124 Å². The number of urea groups is 1. The van der Waals surface area contributed by atoms with Crippen LogP contribution in [0.15, 0.2) is 155 Å². The van der Waals surface area contributed by atoms with Crippen LogP contribution in [-0.4, -0.2) is 185 Å². The monoisotopic (exact) mass is 1710 g/mol. The summed E-state index contributed by atoms with van der Waals surface area (Å²) in [5.41, 5.74) is 8.27. The zero-order chi connectivity index (χ0) is 86.2. The predicted octanol–water partition coefficient (Wildman–Crippen LogP) is 9.00. The number of para-hydroxylation sites is 2. The van der Waals surface area contributed by atoms with Crippen molar-refractivity contribution in [3.05, 3.63) is 178 Å². The number of benzene rings is 4. The second-order valence-corrected chi connectivity index (χ2v) is 33.7. The normalized spacial score (nSPS) is 15.6. The number of hydrogen-bond acceptors (Lipinski definition) is 23. The minimum Gasteiger partial charge on any atom is -0.748 e. The van der Waals surface area contributed by atoms with Crippen LogP contribution in [0.5, 0.6) is 0 Å². The zero-order valence-corrected chi connectivity index (χ0v) is 69.2. The highest BCUT2D eigenvalue weighted by Crippen LogP contribution is 2.49. The average molecular weight is 1710 g/mol. The molecule has 8 N–H and O–H groups in total. The van der Waals surface area contributed by atoms with Gasteiger partial charge in [-0.15, -0.1) is 37.0 Å². The second-order valence-electron chi connectivity index (χ2n) is 28.8. The van der Waals surface area contributed by atoms with E-state index in [1.165, 1.54) is 11.8 Å². The number of Topliss-reactive ketones (excluding diaryl/α,β-unsaturated/α-hetero) is 2. The molecule has 0 unspecified atom stereocenters. The summed E-state index contributed by atoms with van der Waals surface area (Å²) < 4.78 is 121. The lowest BCUT2D eigenvalue weighted by atomic mass is 9.81. The number of nitrogens with zero attached hydrogens (tertiary/aromatic N) is 2. The van der Waals surface area contributed by atoms with E-state index in [0.29, 0.717) is 58.0 Å². The van der Waals surface area contributed by atoms with Gasteiger partial charge in [0.1, 0.15) is 24.4 Å². The molecular weight excluding hydrogens is 1610 g/mol. The lowest BCUT2D eigenvalue weighted by molar-refractivity contribution is -0.438. The fourth-order valence-electron chi connectivity index (χ4n) is 13.8. The van der Waals surface area contributed by atoms with Gasteiger partial charge in [-0.3, -0.25) is 28.5 Å².